The van der Waals surface area contributed by atoms with E-state index in [9.17, 15) is 5.11 Å². The summed E-state index contributed by atoms with van der Waals surface area (Å²) in [6.45, 7) is 0. The second-order valence-corrected chi connectivity index (χ2v) is 4.93. The van der Waals surface area contributed by atoms with Crippen molar-refractivity contribution in [3.05, 3.63) is 48.5 Å². The van der Waals surface area contributed by atoms with Crippen molar-refractivity contribution < 1.29 is 83.5 Å². The Labute approximate surface area is 171 Å². The van der Waals surface area contributed by atoms with Gasteiger partial charge < -0.3 is 24.4 Å². The van der Waals surface area contributed by atoms with E-state index >= 15 is 0 Å². The van der Waals surface area contributed by atoms with Crippen molar-refractivity contribution in [2.45, 2.75) is 0 Å². The first-order chi connectivity index (χ1) is 9.34. The molecule has 0 spiro atoms. The van der Waals surface area contributed by atoms with E-state index in [1.807, 2.05) is 36.4 Å². The summed E-state index contributed by atoms with van der Waals surface area (Å²) in [6, 6.07) is 15.2. The van der Waals surface area contributed by atoms with E-state index in [1.54, 1.807) is 12.1 Å². The maximum atomic E-state index is 9.69. The second-order valence-electron chi connectivity index (χ2n) is 3.99. The molecule has 6 nitrogen and oxygen atoms in total. The molecule has 0 aliphatic heterocycles. The molecule has 22 heavy (non-hydrogen) atoms. The molecule has 0 aliphatic carbocycles. The molecule has 3 aromatic rings. The smallest absolute Gasteiger partial charge is 0.790 e. The summed E-state index contributed by atoms with van der Waals surface area (Å²) in [6.07, 6.45) is 0. The van der Waals surface area contributed by atoms with Crippen LogP contribution in [0.5, 0.6) is 5.75 Å². The zero-order chi connectivity index (χ0) is 14.8. The molecule has 2 N–H and O–H groups in total. The van der Waals surface area contributed by atoms with Crippen molar-refractivity contribution in [3.63, 3.8) is 0 Å². The average molecular weight is 337 g/mol. The molecule has 0 radical (unpaired) electrons. The molecule has 0 saturated heterocycles. The van der Waals surface area contributed by atoms with Crippen LogP contribution < -0.4 is 68.9 Å². The molecule has 9 heteroatoms. The van der Waals surface area contributed by atoms with Gasteiger partial charge in [-0.05, 0) is 24.3 Å². The summed E-state index contributed by atoms with van der Waals surface area (Å²) in [5.41, 5.74) is 1.78. The normalized spacial score (nSPS) is 10.1. The van der Waals surface area contributed by atoms with Gasteiger partial charge in [-0.2, -0.15) is 0 Å². The summed E-state index contributed by atoms with van der Waals surface area (Å²) in [5, 5.41) is 11.5. The Kier molecular flexibility index (Phi) is 9.36. The van der Waals surface area contributed by atoms with E-state index in [1.165, 1.54) is 0 Å². The van der Waals surface area contributed by atoms with Crippen molar-refractivity contribution in [3.8, 4) is 5.75 Å². The standard InChI is InChI=1S/C13H9NO.2Na.H3O4P/c15-13-7-3-6-12-10(13)8-9-4-1-2-5-11(9)14-12;;;1-5(2,3)4/h1-8,15H;;;(H3,1,2,3,4)/q;2*+1;/p-2. The summed E-state index contributed by atoms with van der Waals surface area (Å²) in [4.78, 5) is 28.8. The van der Waals surface area contributed by atoms with E-state index in [-0.39, 0.29) is 64.9 Å². The molecule has 0 aliphatic rings. The van der Waals surface area contributed by atoms with Crippen LogP contribution in [0, 0.1) is 0 Å². The van der Waals surface area contributed by atoms with E-state index in [0.717, 1.165) is 21.8 Å². The fourth-order valence-electron chi connectivity index (χ4n) is 1.78. The SMILES string of the molecule is O=P([O-])([O-])O.Oc1cccc2nc3ccccc3cc12.[Na+].[Na+]. The molecule has 1 aromatic heterocycles. The minimum Gasteiger partial charge on any atom is -0.790 e. The summed E-state index contributed by atoms with van der Waals surface area (Å²) in [7, 11) is -5.14. The van der Waals surface area contributed by atoms with Crippen molar-refractivity contribution in [1.82, 2.24) is 4.98 Å². The maximum absolute atomic E-state index is 9.69. The number of para-hydroxylation sites is 1. The number of phenols is 1. The van der Waals surface area contributed by atoms with E-state index in [2.05, 4.69) is 4.98 Å². The van der Waals surface area contributed by atoms with Gasteiger partial charge in [-0.15, -0.1) is 0 Å². The zero-order valence-corrected chi connectivity index (χ0v) is 17.0. The Morgan fingerprint density at radius 2 is 1.50 bits per heavy atom. The predicted octanol–water partition coefficient (Wildman–Crippen LogP) is -5.09. The molecule has 3 rings (SSSR count). The van der Waals surface area contributed by atoms with Gasteiger partial charge in [-0.1, -0.05) is 24.3 Å². The zero-order valence-electron chi connectivity index (χ0n) is 12.1. The Morgan fingerprint density at radius 1 is 0.955 bits per heavy atom. The third kappa shape index (κ3) is 6.64. The molecule has 0 atom stereocenters. The summed E-state index contributed by atoms with van der Waals surface area (Å²) in [5.74, 6) is 0.283. The quantitative estimate of drug-likeness (QED) is 0.241. The summed E-state index contributed by atoms with van der Waals surface area (Å²) >= 11 is 0. The van der Waals surface area contributed by atoms with Crippen LogP contribution in [0.3, 0.4) is 0 Å². The number of aromatic nitrogens is 1. The Bertz CT molecular complexity index is 800. The predicted molar refractivity (Wildman–Crippen MR) is 70.7 cm³/mol. The molecule has 2 aromatic carbocycles. The van der Waals surface area contributed by atoms with Gasteiger partial charge in [0.05, 0.1) is 18.9 Å². The van der Waals surface area contributed by atoms with Crippen LogP contribution in [-0.2, 0) is 4.57 Å². The largest absolute Gasteiger partial charge is 1.00 e. The first-order valence-electron chi connectivity index (χ1n) is 5.57. The van der Waals surface area contributed by atoms with Gasteiger partial charge in [0.15, 0.2) is 0 Å². The van der Waals surface area contributed by atoms with Crippen LogP contribution in [0.4, 0.5) is 0 Å². The van der Waals surface area contributed by atoms with Gasteiger partial charge in [-0.3, -0.25) is 0 Å². The van der Waals surface area contributed by atoms with Gasteiger partial charge in [-0.25, -0.2) is 4.98 Å². The molecule has 0 amide bonds. The van der Waals surface area contributed by atoms with Crippen LogP contribution in [-0.4, -0.2) is 15.0 Å². The molecule has 104 valence electrons. The average Bonchev–Trinajstić information content (AvgIpc) is 2.35. The van der Waals surface area contributed by atoms with Crippen molar-refractivity contribution in [2.24, 2.45) is 0 Å². The third-order valence-corrected chi connectivity index (χ3v) is 2.54. The van der Waals surface area contributed by atoms with Crippen LogP contribution in [0.1, 0.15) is 0 Å². The number of benzene rings is 2. The van der Waals surface area contributed by atoms with Gasteiger partial charge in [0.2, 0.25) is 0 Å². The number of hydrogen-bond donors (Lipinski definition) is 2. The topological polar surface area (TPSA) is 117 Å². The van der Waals surface area contributed by atoms with E-state index < -0.39 is 7.82 Å². The van der Waals surface area contributed by atoms with Gasteiger partial charge in [0.25, 0.3) is 0 Å². The van der Waals surface area contributed by atoms with E-state index in [4.69, 9.17) is 19.2 Å². The summed E-state index contributed by atoms with van der Waals surface area (Å²) < 4.78 is 8.66. The monoisotopic (exact) mass is 337 g/mol. The molecule has 0 unspecified atom stereocenters. The number of rotatable bonds is 0. The van der Waals surface area contributed by atoms with Gasteiger partial charge >= 0.3 is 59.1 Å². The molecule has 0 saturated carbocycles. The fourth-order valence-corrected chi connectivity index (χ4v) is 1.78. The minimum absolute atomic E-state index is 0. The number of pyridine rings is 1. The van der Waals surface area contributed by atoms with Gasteiger partial charge in [0.1, 0.15) is 5.75 Å². The van der Waals surface area contributed by atoms with Crippen molar-refractivity contribution in [1.29, 1.82) is 0 Å². The number of phenolic OH excluding ortho intramolecular Hbond substituents is 1. The number of hydrogen-bond acceptors (Lipinski definition) is 5. The number of aromatic hydroxyl groups is 1. The Hall–Kier alpha value is 0.0200. The fraction of sp³-hybridized carbons (Fsp3) is 0. The molecule has 0 fully saturated rings. The van der Waals surface area contributed by atoms with E-state index in [0.29, 0.717) is 0 Å². The molecule has 1 heterocycles. The first-order valence-corrected chi connectivity index (χ1v) is 7.06. The van der Waals surface area contributed by atoms with Gasteiger partial charge in [0, 0.05) is 10.8 Å². The minimum atomic E-state index is -5.14. The van der Waals surface area contributed by atoms with Crippen LogP contribution in [0.25, 0.3) is 21.8 Å². The van der Waals surface area contributed by atoms with Crippen LogP contribution in [0.2, 0.25) is 0 Å². The van der Waals surface area contributed by atoms with Crippen LogP contribution >= 0.6 is 7.82 Å². The Morgan fingerprint density at radius 3 is 2.14 bits per heavy atom. The second kappa shape index (κ2) is 9.35. The molecular weight excluding hydrogens is 327 g/mol. The number of phosphoric acid groups is 1. The Balaban J connectivity index is 0.000000559. The maximum Gasteiger partial charge on any atom is 1.00 e. The third-order valence-electron chi connectivity index (χ3n) is 2.54. The number of fused-ring (bicyclic) bond motifs is 2. The molecule has 0 bridgehead atoms. The van der Waals surface area contributed by atoms with Crippen molar-refractivity contribution >= 4 is 29.6 Å². The number of nitrogens with zero attached hydrogens (tertiary/aromatic N) is 1. The van der Waals surface area contributed by atoms with Crippen molar-refractivity contribution in [2.75, 3.05) is 0 Å². The molecular formula is C13H10NNa2O5P. The van der Waals surface area contributed by atoms with Crippen LogP contribution in [0.15, 0.2) is 48.5 Å². The first kappa shape index (κ1) is 22.0.